The lowest BCUT2D eigenvalue weighted by Crippen LogP contribution is -2.43. The Morgan fingerprint density at radius 2 is 1.85 bits per heavy atom. The highest BCUT2D eigenvalue weighted by molar-refractivity contribution is 5.84. The van der Waals surface area contributed by atoms with Crippen LogP contribution in [0.3, 0.4) is 0 Å². The molecule has 5 nitrogen and oxygen atoms in total. The molecule has 3 unspecified atom stereocenters. The van der Waals surface area contributed by atoms with E-state index in [1.807, 2.05) is 0 Å². The van der Waals surface area contributed by atoms with Crippen molar-refractivity contribution in [3.05, 3.63) is 35.5 Å². The fraction of sp³-hybridized carbons (Fsp3) is 0.636. The summed E-state index contributed by atoms with van der Waals surface area (Å²) < 4.78 is 0. The summed E-state index contributed by atoms with van der Waals surface area (Å²) in [7, 11) is 0. The van der Waals surface area contributed by atoms with E-state index < -0.39 is 0 Å². The number of fused-ring (bicyclic) bond motifs is 3. The number of hydrogen-bond acceptors (Lipinski definition) is 4. The van der Waals surface area contributed by atoms with E-state index >= 15 is 0 Å². The summed E-state index contributed by atoms with van der Waals surface area (Å²) in [6.07, 6.45) is 7.41. The van der Waals surface area contributed by atoms with Crippen LogP contribution in [-0.4, -0.2) is 43.2 Å². The third-order valence-corrected chi connectivity index (χ3v) is 6.39. The molecule has 1 saturated carbocycles. The maximum absolute atomic E-state index is 6.13. The lowest BCUT2D eigenvalue weighted by molar-refractivity contribution is 0.429. The quantitative estimate of drug-likeness (QED) is 0.440. The predicted molar refractivity (Wildman–Crippen MR) is 113 cm³/mol. The second kappa shape index (κ2) is 9.20. The third-order valence-electron chi connectivity index (χ3n) is 6.39. The fourth-order valence-corrected chi connectivity index (χ4v) is 4.73. The molecule has 6 N–H and O–H groups in total. The van der Waals surface area contributed by atoms with E-state index in [0.29, 0.717) is 18.0 Å². The number of rotatable bonds is 9. The Balaban J connectivity index is 1.10. The number of para-hydroxylation sites is 1. The van der Waals surface area contributed by atoms with Crippen molar-refractivity contribution < 1.29 is 0 Å². The molecule has 3 atom stereocenters. The van der Waals surface area contributed by atoms with Crippen LogP contribution >= 0.6 is 0 Å². The van der Waals surface area contributed by atoms with Crippen molar-refractivity contribution >= 4 is 10.9 Å². The summed E-state index contributed by atoms with van der Waals surface area (Å²) in [6.45, 7) is 5.31. The van der Waals surface area contributed by atoms with Crippen molar-refractivity contribution in [1.29, 1.82) is 0 Å². The number of aromatic amines is 1. The summed E-state index contributed by atoms with van der Waals surface area (Å²) in [4.78, 5) is 3.56. The van der Waals surface area contributed by atoms with E-state index in [1.54, 1.807) is 0 Å². The summed E-state index contributed by atoms with van der Waals surface area (Å²) in [5, 5.41) is 12.3. The third kappa shape index (κ3) is 4.72. The molecule has 1 fully saturated rings. The average Bonchev–Trinajstić information content (AvgIpc) is 3.27. The molecule has 0 saturated heterocycles. The summed E-state index contributed by atoms with van der Waals surface area (Å²) in [5.74, 6) is 0.704. The van der Waals surface area contributed by atoms with Crippen LogP contribution in [0.5, 0.6) is 0 Å². The van der Waals surface area contributed by atoms with E-state index in [9.17, 15) is 0 Å². The molecule has 148 valence electrons. The van der Waals surface area contributed by atoms with Gasteiger partial charge in [0.2, 0.25) is 0 Å². The first kappa shape index (κ1) is 18.9. The number of unbranched alkanes of at least 4 members (excludes halogenated alkanes) is 1. The summed E-state index contributed by atoms with van der Waals surface area (Å²) in [5.41, 5.74) is 10.3. The van der Waals surface area contributed by atoms with Gasteiger partial charge in [-0.1, -0.05) is 24.6 Å². The smallest absolute Gasteiger partial charge is 0.0459 e. The zero-order valence-electron chi connectivity index (χ0n) is 16.4. The summed E-state index contributed by atoms with van der Waals surface area (Å²) in [6, 6.07) is 9.62. The van der Waals surface area contributed by atoms with Crippen molar-refractivity contribution in [3.8, 4) is 0 Å². The average molecular weight is 370 g/mol. The molecule has 1 aliphatic carbocycles. The van der Waals surface area contributed by atoms with Gasteiger partial charge in [0.15, 0.2) is 0 Å². The first-order valence-corrected chi connectivity index (χ1v) is 10.8. The largest absolute Gasteiger partial charge is 0.357 e. The van der Waals surface area contributed by atoms with Gasteiger partial charge in [-0.05, 0) is 69.3 Å². The Bertz CT molecular complexity index is 725. The molecule has 1 aliphatic heterocycles. The van der Waals surface area contributed by atoms with Gasteiger partial charge in [-0.25, -0.2) is 0 Å². The van der Waals surface area contributed by atoms with E-state index in [1.165, 1.54) is 54.3 Å². The van der Waals surface area contributed by atoms with Crippen LogP contribution < -0.4 is 21.7 Å². The van der Waals surface area contributed by atoms with Gasteiger partial charge in [0.25, 0.3) is 0 Å². The second-order valence-corrected chi connectivity index (χ2v) is 8.38. The number of H-pyrrole nitrogens is 1. The number of benzene rings is 1. The Labute approximate surface area is 162 Å². The monoisotopic (exact) mass is 369 g/mol. The number of nitrogens with two attached hydrogens (primary N) is 1. The van der Waals surface area contributed by atoms with Gasteiger partial charge in [0.05, 0.1) is 0 Å². The van der Waals surface area contributed by atoms with Crippen LogP contribution in [0.4, 0.5) is 0 Å². The zero-order chi connectivity index (χ0) is 18.5. The van der Waals surface area contributed by atoms with Crippen LogP contribution in [0.25, 0.3) is 10.9 Å². The minimum Gasteiger partial charge on any atom is -0.357 e. The first-order chi connectivity index (χ1) is 13.3. The Morgan fingerprint density at radius 3 is 2.67 bits per heavy atom. The van der Waals surface area contributed by atoms with E-state index in [-0.39, 0.29) is 0 Å². The van der Waals surface area contributed by atoms with Crippen molar-refractivity contribution in [2.75, 3.05) is 26.2 Å². The predicted octanol–water partition coefficient (Wildman–Crippen LogP) is 2.27. The van der Waals surface area contributed by atoms with Crippen LogP contribution in [0.2, 0.25) is 0 Å². The highest BCUT2D eigenvalue weighted by Gasteiger charge is 2.23. The Hall–Kier alpha value is -1.40. The fourth-order valence-electron chi connectivity index (χ4n) is 4.73. The molecule has 1 aromatic carbocycles. The lowest BCUT2D eigenvalue weighted by atomic mass is 9.98. The van der Waals surface area contributed by atoms with Gasteiger partial charge in [0.1, 0.15) is 0 Å². The Kier molecular flexibility index (Phi) is 6.45. The normalized spacial score (nSPS) is 25.1. The Morgan fingerprint density at radius 1 is 1.04 bits per heavy atom. The molecule has 0 amide bonds. The van der Waals surface area contributed by atoms with Gasteiger partial charge >= 0.3 is 0 Å². The van der Waals surface area contributed by atoms with Gasteiger partial charge in [-0.15, -0.1) is 0 Å². The minimum absolute atomic E-state index is 0.430. The molecule has 0 spiro atoms. The standard InChI is InChI=1S/C22H35N5/c23-20-8-5-6-16(20)13-24-10-3-4-11-25-14-17-12-19-18-7-1-2-9-21(18)27-22(19)15-26-17/h1-2,7,9,16-17,20,24-27H,3-6,8,10-15,23H2. The van der Waals surface area contributed by atoms with Crippen LogP contribution in [0.1, 0.15) is 43.4 Å². The van der Waals surface area contributed by atoms with Crippen LogP contribution in [0.15, 0.2) is 24.3 Å². The van der Waals surface area contributed by atoms with Crippen molar-refractivity contribution in [2.45, 2.75) is 57.2 Å². The van der Waals surface area contributed by atoms with E-state index in [0.717, 1.165) is 39.1 Å². The van der Waals surface area contributed by atoms with Gasteiger partial charge in [-0.3, -0.25) is 0 Å². The maximum atomic E-state index is 6.13. The molecule has 4 rings (SSSR count). The molecule has 1 aromatic heterocycles. The summed E-state index contributed by atoms with van der Waals surface area (Å²) >= 11 is 0. The lowest BCUT2D eigenvalue weighted by Gasteiger charge is -2.24. The molecule has 2 heterocycles. The molecular weight excluding hydrogens is 334 g/mol. The van der Waals surface area contributed by atoms with E-state index in [4.69, 9.17) is 5.73 Å². The second-order valence-electron chi connectivity index (χ2n) is 8.38. The zero-order valence-corrected chi connectivity index (χ0v) is 16.4. The number of nitrogens with one attached hydrogen (secondary N) is 4. The van der Waals surface area contributed by atoms with Crippen molar-refractivity contribution in [2.24, 2.45) is 11.7 Å². The van der Waals surface area contributed by atoms with Crippen LogP contribution in [0, 0.1) is 5.92 Å². The van der Waals surface area contributed by atoms with Crippen molar-refractivity contribution in [3.63, 3.8) is 0 Å². The van der Waals surface area contributed by atoms with Gasteiger partial charge in [-0.2, -0.15) is 0 Å². The molecule has 2 aliphatic rings. The number of hydrogen-bond donors (Lipinski definition) is 5. The molecular formula is C22H35N5. The minimum atomic E-state index is 0.430. The van der Waals surface area contributed by atoms with Crippen molar-refractivity contribution in [1.82, 2.24) is 20.9 Å². The molecule has 2 aromatic rings. The topological polar surface area (TPSA) is 77.9 Å². The first-order valence-electron chi connectivity index (χ1n) is 10.8. The van der Waals surface area contributed by atoms with Gasteiger partial charge < -0.3 is 26.7 Å². The SMILES string of the molecule is NC1CCCC1CNCCCCNCC1Cc2c([nH]c3ccccc23)CN1. The van der Waals surface area contributed by atoms with E-state index in [2.05, 4.69) is 45.2 Å². The highest BCUT2D eigenvalue weighted by atomic mass is 15.0. The van der Waals surface area contributed by atoms with Crippen LogP contribution in [-0.2, 0) is 13.0 Å². The highest BCUT2D eigenvalue weighted by Crippen LogP contribution is 2.26. The maximum Gasteiger partial charge on any atom is 0.0459 e. The molecule has 5 heteroatoms. The molecule has 27 heavy (non-hydrogen) atoms. The number of aromatic nitrogens is 1. The van der Waals surface area contributed by atoms with Gasteiger partial charge in [0, 0.05) is 41.8 Å². The molecule has 0 bridgehead atoms. The molecule has 0 radical (unpaired) electrons.